The summed E-state index contributed by atoms with van der Waals surface area (Å²) in [5.41, 5.74) is 1.22. The first-order valence-electron chi connectivity index (χ1n) is 7.96. The standard InChI is InChI=1S/C17H20N4O/c1-20-15(18-17(19-20)13-7-8-13)11-16(22)21-10-9-14(21)12-5-3-2-4-6-12/h2-6,13-14H,7-11H2,1H3. The second-order valence-electron chi connectivity index (χ2n) is 6.26. The molecule has 1 atom stereocenters. The molecule has 1 aliphatic heterocycles. The molecular formula is C17H20N4O. The highest BCUT2D eigenvalue weighted by Gasteiger charge is 2.34. The molecule has 4 rings (SSSR count). The summed E-state index contributed by atoms with van der Waals surface area (Å²) >= 11 is 0. The number of likely N-dealkylation sites (tertiary alicyclic amines) is 1. The van der Waals surface area contributed by atoms with Gasteiger partial charge in [0.25, 0.3) is 0 Å². The van der Waals surface area contributed by atoms with Crippen molar-refractivity contribution in [1.82, 2.24) is 19.7 Å². The molecule has 0 radical (unpaired) electrons. The maximum Gasteiger partial charge on any atom is 0.230 e. The minimum Gasteiger partial charge on any atom is -0.335 e. The number of aryl methyl sites for hydroxylation is 1. The third kappa shape index (κ3) is 2.40. The summed E-state index contributed by atoms with van der Waals surface area (Å²) in [6, 6.07) is 10.5. The zero-order valence-corrected chi connectivity index (χ0v) is 12.8. The van der Waals surface area contributed by atoms with Crippen LogP contribution in [0.1, 0.15) is 48.4 Å². The third-order valence-electron chi connectivity index (χ3n) is 4.65. The van der Waals surface area contributed by atoms with Crippen molar-refractivity contribution < 1.29 is 4.79 Å². The van der Waals surface area contributed by atoms with E-state index in [-0.39, 0.29) is 11.9 Å². The zero-order chi connectivity index (χ0) is 15.1. The second-order valence-corrected chi connectivity index (χ2v) is 6.26. The number of aromatic nitrogens is 3. The average Bonchev–Trinajstić information content (AvgIpc) is 3.25. The number of carbonyl (C=O) groups is 1. The van der Waals surface area contributed by atoms with Crippen LogP contribution in [-0.4, -0.2) is 32.1 Å². The van der Waals surface area contributed by atoms with Gasteiger partial charge in [0.05, 0.1) is 12.5 Å². The normalized spacial score (nSPS) is 20.8. The Balaban J connectivity index is 1.46. The maximum atomic E-state index is 12.6. The van der Waals surface area contributed by atoms with Crippen molar-refractivity contribution in [3.05, 3.63) is 47.5 Å². The van der Waals surface area contributed by atoms with Gasteiger partial charge >= 0.3 is 0 Å². The molecule has 5 heteroatoms. The summed E-state index contributed by atoms with van der Waals surface area (Å²) in [4.78, 5) is 19.1. The molecule has 2 aliphatic rings. The fraction of sp³-hybridized carbons (Fsp3) is 0.471. The Bertz CT molecular complexity index is 690. The fourth-order valence-corrected chi connectivity index (χ4v) is 3.05. The predicted molar refractivity (Wildman–Crippen MR) is 82.2 cm³/mol. The smallest absolute Gasteiger partial charge is 0.230 e. The summed E-state index contributed by atoms with van der Waals surface area (Å²) in [5.74, 6) is 2.37. The van der Waals surface area contributed by atoms with E-state index < -0.39 is 0 Å². The van der Waals surface area contributed by atoms with E-state index in [1.165, 1.54) is 18.4 Å². The molecule has 1 saturated carbocycles. The van der Waals surface area contributed by atoms with Gasteiger partial charge in [0.15, 0.2) is 5.82 Å². The van der Waals surface area contributed by atoms with E-state index in [1.54, 1.807) is 4.68 Å². The topological polar surface area (TPSA) is 51.0 Å². The lowest BCUT2D eigenvalue weighted by molar-refractivity contribution is -0.138. The van der Waals surface area contributed by atoms with Crippen LogP contribution >= 0.6 is 0 Å². The summed E-state index contributed by atoms with van der Waals surface area (Å²) in [6.07, 6.45) is 3.75. The molecule has 5 nitrogen and oxygen atoms in total. The van der Waals surface area contributed by atoms with Crippen LogP contribution in [0, 0.1) is 0 Å². The van der Waals surface area contributed by atoms with Crippen LogP contribution in [0.4, 0.5) is 0 Å². The van der Waals surface area contributed by atoms with Crippen molar-refractivity contribution >= 4 is 5.91 Å². The zero-order valence-electron chi connectivity index (χ0n) is 12.8. The predicted octanol–water partition coefficient (Wildman–Crippen LogP) is 2.21. The molecule has 1 unspecified atom stereocenters. The average molecular weight is 296 g/mol. The maximum absolute atomic E-state index is 12.6. The monoisotopic (exact) mass is 296 g/mol. The summed E-state index contributed by atoms with van der Waals surface area (Å²) in [6.45, 7) is 0.839. The van der Waals surface area contributed by atoms with E-state index >= 15 is 0 Å². The van der Waals surface area contributed by atoms with E-state index in [0.29, 0.717) is 12.3 Å². The van der Waals surface area contributed by atoms with Crippen molar-refractivity contribution in [3.63, 3.8) is 0 Å². The highest BCUT2D eigenvalue weighted by atomic mass is 16.2. The molecule has 2 aromatic rings. The van der Waals surface area contributed by atoms with Crippen LogP contribution in [0.5, 0.6) is 0 Å². The Morgan fingerprint density at radius 2 is 2.00 bits per heavy atom. The summed E-state index contributed by atoms with van der Waals surface area (Å²) in [7, 11) is 1.88. The largest absolute Gasteiger partial charge is 0.335 e. The Labute approximate surface area is 130 Å². The number of hydrogen-bond acceptors (Lipinski definition) is 3. The van der Waals surface area contributed by atoms with Gasteiger partial charge in [-0.1, -0.05) is 30.3 Å². The van der Waals surface area contributed by atoms with Gasteiger partial charge in [0, 0.05) is 19.5 Å². The van der Waals surface area contributed by atoms with Crippen molar-refractivity contribution in [2.75, 3.05) is 6.54 Å². The Hall–Kier alpha value is -2.17. The van der Waals surface area contributed by atoms with E-state index in [4.69, 9.17) is 0 Å². The Morgan fingerprint density at radius 3 is 2.64 bits per heavy atom. The van der Waals surface area contributed by atoms with Gasteiger partial charge in [-0.3, -0.25) is 9.48 Å². The lowest BCUT2D eigenvalue weighted by Gasteiger charge is -2.41. The first kappa shape index (κ1) is 13.5. The van der Waals surface area contributed by atoms with Crippen LogP contribution in [-0.2, 0) is 18.3 Å². The van der Waals surface area contributed by atoms with Gasteiger partial charge in [-0.05, 0) is 24.8 Å². The highest BCUT2D eigenvalue weighted by molar-refractivity contribution is 5.79. The van der Waals surface area contributed by atoms with Crippen molar-refractivity contribution in [1.29, 1.82) is 0 Å². The van der Waals surface area contributed by atoms with Gasteiger partial charge in [-0.2, -0.15) is 5.10 Å². The number of hydrogen-bond donors (Lipinski definition) is 0. The van der Waals surface area contributed by atoms with E-state index in [0.717, 1.165) is 24.6 Å². The van der Waals surface area contributed by atoms with Gasteiger partial charge in [0.2, 0.25) is 5.91 Å². The van der Waals surface area contributed by atoms with E-state index in [1.807, 2.05) is 30.1 Å². The first-order chi connectivity index (χ1) is 10.7. The molecule has 114 valence electrons. The van der Waals surface area contributed by atoms with Gasteiger partial charge in [-0.15, -0.1) is 0 Å². The highest BCUT2D eigenvalue weighted by Crippen LogP contribution is 2.38. The van der Waals surface area contributed by atoms with Crippen LogP contribution in [0.2, 0.25) is 0 Å². The molecule has 1 aliphatic carbocycles. The van der Waals surface area contributed by atoms with Crippen molar-refractivity contribution in [3.8, 4) is 0 Å². The number of rotatable bonds is 4. The van der Waals surface area contributed by atoms with E-state index in [2.05, 4.69) is 22.2 Å². The van der Waals surface area contributed by atoms with Crippen molar-refractivity contribution in [2.45, 2.75) is 37.6 Å². The van der Waals surface area contributed by atoms with Crippen LogP contribution in [0.3, 0.4) is 0 Å². The van der Waals surface area contributed by atoms with E-state index in [9.17, 15) is 4.79 Å². The summed E-state index contributed by atoms with van der Waals surface area (Å²) in [5, 5.41) is 4.44. The lowest BCUT2D eigenvalue weighted by atomic mass is 9.94. The molecule has 0 bridgehead atoms. The number of carbonyl (C=O) groups excluding carboxylic acids is 1. The Kier molecular flexibility index (Phi) is 3.21. The molecule has 1 amide bonds. The van der Waals surface area contributed by atoms with Gasteiger partial charge in [-0.25, -0.2) is 4.98 Å². The fourth-order valence-electron chi connectivity index (χ4n) is 3.05. The molecule has 1 aromatic heterocycles. The van der Waals surface area contributed by atoms with Crippen molar-refractivity contribution in [2.24, 2.45) is 7.05 Å². The molecule has 2 heterocycles. The molecule has 1 aromatic carbocycles. The van der Waals surface area contributed by atoms with Crippen LogP contribution in [0.15, 0.2) is 30.3 Å². The molecular weight excluding hydrogens is 276 g/mol. The first-order valence-corrected chi connectivity index (χ1v) is 7.96. The van der Waals surface area contributed by atoms with Gasteiger partial charge < -0.3 is 4.90 Å². The Morgan fingerprint density at radius 1 is 1.23 bits per heavy atom. The molecule has 1 saturated heterocycles. The number of amides is 1. The molecule has 0 N–H and O–H groups in total. The van der Waals surface area contributed by atoms with Gasteiger partial charge in [0.1, 0.15) is 5.82 Å². The minimum atomic E-state index is 0.151. The van der Waals surface area contributed by atoms with Crippen LogP contribution in [0.25, 0.3) is 0 Å². The van der Waals surface area contributed by atoms with Crippen LogP contribution < -0.4 is 0 Å². The third-order valence-corrected chi connectivity index (χ3v) is 4.65. The minimum absolute atomic E-state index is 0.151. The number of nitrogens with zero attached hydrogens (tertiary/aromatic N) is 4. The molecule has 22 heavy (non-hydrogen) atoms. The summed E-state index contributed by atoms with van der Waals surface area (Å²) < 4.78 is 1.77. The lowest BCUT2D eigenvalue weighted by Crippen LogP contribution is -2.46. The molecule has 0 spiro atoms. The SMILES string of the molecule is Cn1nc(C2CC2)nc1CC(=O)N1CCC1c1ccccc1. The molecule has 2 fully saturated rings. The number of benzene rings is 1. The second kappa shape index (κ2) is 5.23. The quantitative estimate of drug-likeness (QED) is 0.869.